The van der Waals surface area contributed by atoms with Crippen molar-refractivity contribution in [2.45, 2.75) is 18.6 Å². The average molecular weight is 299 g/mol. The van der Waals surface area contributed by atoms with Gasteiger partial charge < -0.3 is 10.1 Å². The summed E-state index contributed by atoms with van der Waals surface area (Å²) in [5.41, 5.74) is 0.549. The number of thioether (sulfide) groups is 1. The number of hydrogen-bond acceptors (Lipinski definition) is 4. The minimum Gasteiger partial charge on any atom is -0.495 e. The Morgan fingerprint density at radius 2 is 2.37 bits per heavy atom. The van der Waals surface area contributed by atoms with Gasteiger partial charge in [-0.1, -0.05) is 11.6 Å². The highest BCUT2D eigenvalue weighted by Crippen LogP contribution is 2.28. The van der Waals surface area contributed by atoms with Crippen molar-refractivity contribution in [3.05, 3.63) is 23.2 Å². The van der Waals surface area contributed by atoms with Crippen LogP contribution in [0.5, 0.6) is 5.75 Å². The Morgan fingerprint density at radius 1 is 1.63 bits per heavy atom. The predicted molar refractivity (Wildman–Crippen MR) is 78.8 cm³/mol. The second-order valence-corrected chi connectivity index (χ2v) is 5.64. The molecule has 0 spiro atoms. The molecule has 6 heteroatoms. The van der Waals surface area contributed by atoms with Crippen molar-refractivity contribution >= 4 is 35.0 Å². The molecule has 0 aliphatic rings. The number of methoxy groups -OCH3 is 1. The first-order valence-electron chi connectivity index (χ1n) is 5.71. The first-order chi connectivity index (χ1) is 9.08. The van der Waals surface area contributed by atoms with E-state index in [0.717, 1.165) is 0 Å². The molecule has 1 N–H and O–H groups in total. The number of nitriles is 1. The zero-order valence-corrected chi connectivity index (χ0v) is 12.3. The van der Waals surface area contributed by atoms with Crippen molar-refractivity contribution in [2.75, 3.05) is 18.2 Å². The van der Waals surface area contributed by atoms with E-state index in [1.165, 1.54) is 18.9 Å². The molecule has 1 rings (SSSR count). The van der Waals surface area contributed by atoms with E-state index in [1.54, 1.807) is 25.1 Å². The summed E-state index contributed by atoms with van der Waals surface area (Å²) >= 11 is 7.33. The van der Waals surface area contributed by atoms with Gasteiger partial charge in [0.1, 0.15) is 5.75 Å². The number of rotatable bonds is 6. The van der Waals surface area contributed by atoms with Gasteiger partial charge in [0, 0.05) is 17.2 Å². The van der Waals surface area contributed by atoms with E-state index < -0.39 is 0 Å². The molecule has 0 bridgehead atoms. The summed E-state index contributed by atoms with van der Waals surface area (Å²) in [5, 5.41) is 11.5. The molecule has 0 aliphatic heterocycles. The van der Waals surface area contributed by atoms with Crippen LogP contribution in [0.25, 0.3) is 0 Å². The number of nitrogens with zero attached hydrogens (tertiary/aromatic N) is 1. The normalized spacial score (nSPS) is 11.5. The quantitative estimate of drug-likeness (QED) is 0.818. The maximum atomic E-state index is 12.0. The summed E-state index contributed by atoms with van der Waals surface area (Å²) < 4.78 is 5.16. The fraction of sp³-hybridized carbons (Fsp3) is 0.385. The van der Waals surface area contributed by atoms with Gasteiger partial charge in [-0.2, -0.15) is 5.26 Å². The fourth-order valence-electron chi connectivity index (χ4n) is 1.37. The van der Waals surface area contributed by atoms with Crippen LogP contribution in [-0.2, 0) is 4.79 Å². The Hall–Kier alpha value is -1.38. The van der Waals surface area contributed by atoms with Gasteiger partial charge in [-0.05, 0) is 25.1 Å². The van der Waals surface area contributed by atoms with E-state index >= 15 is 0 Å². The highest BCUT2D eigenvalue weighted by atomic mass is 35.5. The summed E-state index contributed by atoms with van der Waals surface area (Å²) in [6.07, 6.45) is 0.433. The van der Waals surface area contributed by atoms with Gasteiger partial charge in [0.25, 0.3) is 0 Å². The van der Waals surface area contributed by atoms with Crippen molar-refractivity contribution in [3.63, 3.8) is 0 Å². The SMILES string of the molecule is COc1ccc(Cl)cc1NC(=O)C(C)SCCC#N. The van der Waals surface area contributed by atoms with Crippen molar-refractivity contribution in [1.82, 2.24) is 0 Å². The molecule has 0 saturated heterocycles. The standard InChI is InChI=1S/C13H15ClN2O2S/c1-9(19-7-3-6-15)13(17)16-11-8-10(14)4-5-12(11)18-2/h4-5,8-9H,3,7H2,1-2H3,(H,16,17). The van der Waals surface area contributed by atoms with Crippen LogP contribution >= 0.6 is 23.4 Å². The Balaban J connectivity index is 2.66. The smallest absolute Gasteiger partial charge is 0.237 e. The van der Waals surface area contributed by atoms with Gasteiger partial charge in [-0.3, -0.25) is 4.79 Å². The Bertz CT molecular complexity index is 488. The average Bonchev–Trinajstić information content (AvgIpc) is 2.39. The number of amides is 1. The van der Waals surface area contributed by atoms with E-state index in [1.807, 2.05) is 6.07 Å². The zero-order chi connectivity index (χ0) is 14.3. The highest BCUT2D eigenvalue weighted by molar-refractivity contribution is 8.00. The second kappa shape index (κ2) is 7.93. The van der Waals surface area contributed by atoms with Crippen molar-refractivity contribution in [3.8, 4) is 11.8 Å². The second-order valence-electron chi connectivity index (χ2n) is 3.75. The number of ether oxygens (including phenoxy) is 1. The Labute approximate surface area is 122 Å². The molecule has 1 aromatic carbocycles. The van der Waals surface area contributed by atoms with E-state index in [0.29, 0.717) is 28.6 Å². The first-order valence-corrected chi connectivity index (χ1v) is 7.14. The van der Waals surface area contributed by atoms with Gasteiger partial charge in [0.2, 0.25) is 5.91 Å². The van der Waals surface area contributed by atoms with Crippen LogP contribution in [0, 0.1) is 11.3 Å². The maximum absolute atomic E-state index is 12.0. The number of anilines is 1. The van der Waals surface area contributed by atoms with E-state index in [-0.39, 0.29) is 11.2 Å². The molecule has 1 amide bonds. The molecule has 102 valence electrons. The van der Waals surface area contributed by atoms with E-state index in [2.05, 4.69) is 5.32 Å². The zero-order valence-electron chi connectivity index (χ0n) is 10.8. The summed E-state index contributed by atoms with van der Waals surface area (Å²) in [4.78, 5) is 12.0. The molecule has 19 heavy (non-hydrogen) atoms. The predicted octanol–water partition coefficient (Wildman–Crippen LogP) is 3.32. The lowest BCUT2D eigenvalue weighted by molar-refractivity contribution is -0.115. The van der Waals surface area contributed by atoms with E-state index in [4.69, 9.17) is 21.6 Å². The highest BCUT2D eigenvalue weighted by Gasteiger charge is 2.15. The van der Waals surface area contributed by atoms with Gasteiger partial charge in [0.15, 0.2) is 0 Å². The number of hydrogen-bond donors (Lipinski definition) is 1. The van der Waals surface area contributed by atoms with Crippen LogP contribution in [0.1, 0.15) is 13.3 Å². The van der Waals surface area contributed by atoms with Crippen LogP contribution in [-0.4, -0.2) is 24.0 Å². The molecule has 0 aromatic heterocycles. The lowest BCUT2D eigenvalue weighted by Gasteiger charge is -2.14. The Kier molecular flexibility index (Phi) is 6.54. The van der Waals surface area contributed by atoms with Crippen molar-refractivity contribution in [1.29, 1.82) is 5.26 Å². The number of benzene rings is 1. The van der Waals surface area contributed by atoms with Gasteiger partial charge in [-0.25, -0.2) is 0 Å². The number of nitrogens with one attached hydrogen (secondary N) is 1. The van der Waals surface area contributed by atoms with Gasteiger partial charge in [0.05, 0.1) is 24.1 Å². The first kappa shape index (κ1) is 15.7. The largest absolute Gasteiger partial charge is 0.495 e. The monoisotopic (exact) mass is 298 g/mol. The van der Waals surface area contributed by atoms with Crippen molar-refractivity contribution in [2.24, 2.45) is 0 Å². The molecule has 0 saturated carbocycles. The van der Waals surface area contributed by atoms with Gasteiger partial charge in [-0.15, -0.1) is 11.8 Å². The molecule has 0 fully saturated rings. The Morgan fingerprint density at radius 3 is 3.00 bits per heavy atom. The molecule has 0 aliphatic carbocycles. The van der Waals surface area contributed by atoms with Crippen LogP contribution < -0.4 is 10.1 Å². The number of carbonyl (C=O) groups excluding carboxylic acids is 1. The summed E-state index contributed by atoms with van der Waals surface area (Å²) in [7, 11) is 1.53. The fourth-order valence-corrected chi connectivity index (χ4v) is 2.31. The third-order valence-corrected chi connectivity index (χ3v) is 3.76. The molecule has 0 heterocycles. The molecular formula is C13H15ClN2O2S. The van der Waals surface area contributed by atoms with E-state index in [9.17, 15) is 4.79 Å². The molecule has 0 radical (unpaired) electrons. The number of halogens is 1. The molecule has 4 nitrogen and oxygen atoms in total. The minimum atomic E-state index is -0.239. The van der Waals surface area contributed by atoms with Crippen LogP contribution in [0.15, 0.2) is 18.2 Å². The minimum absolute atomic E-state index is 0.136. The molecule has 1 atom stereocenters. The van der Waals surface area contributed by atoms with Crippen LogP contribution in [0.2, 0.25) is 5.02 Å². The van der Waals surface area contributed by atoms with Crippen LogP contribution in [0.3, 0.4) is 0 Å². The molecule has 1 aromatic rings. The summed E-state index contributed by atoms with van der Waals surface area (Å²) in [5.74, 6) is 1.06. The van der Waals surface area contributed by atoms with Crippen LogP contribution in [0.4, 0.5) is 5.69 Å². The molecular weight excluding hydrogens is 284 g/mol. The lowest BCUT2D eigenvalue weighted by atomic mass is 10.3. The lowest BCUT2D eigenvalue weighted by Crippen LogP contribution is -2.23. The summed E-state index contributed by atoms with van der Waals surface area (Å²) in [6, 6.07) is 7.09. The number of carbonyl (C=O) groups is 1. The van der Waals surface area contributed by atoms with Crippen molar-refractivity contribution < 1.29 is 9.53 Å². The maximum Gasteiger partial charge on any atom is 0.237 e. The third-order valence-electron chi connectivity index (χ3n) is 2.37. The topological polar surface area (TPSA) is 62.1 Å². The third kappa shape index (κ3) is 5.01. The van der Waals surface area contributed by atoms with Gasteiger partial charge >= 0.3 is 0 Å². The molecule has 1 unspecified atom stereocenters. The summed E-state index contributed by atoms with van der Waals surface area (Å²) in [6.45, 7) is 1.80.